The second-order valence-corrected chi connectivity index (χ2v) is 20.1. The number of cyclic esters (lactones) is 1. The van der Waals surface area contributed by atoms with Crippen molar-refractivity contribution in [2.45, 2.75) is 204 Å². The van der Waals surface area contributed by atoms with Crippen LogP contribution in [0.5, 0.6) is 5.75 Å². The lowest BCUT2D eigenvalue weighted by molar-refractivity contribution is -0.335. The van der Waals surface area contributed by atoms with Crippen LogP contribution in [0.15, 0.2) is 30.3 Å². The lowest BCUT2D eigenvalue weighted by Gasteiger charge is -2.53. The first-order valence-electron chi connectivity index (χ1n) is 23.0. The number of ether oxygens (including phenoxy) is 7. The fourth-order valence-electron chi connectivity index (χ4n) is 10.1. The first-order chi connectivity index (χ1) is 29.0. The molecule has 5 rings (SSSR count). The van der Waals surface area contributed by atoms with E-state index in [1.165, 1.54) is 6.92 Å². The number of benzene rings is 1. The summed E-state index contributed by atoms with van der Waals surface area (Å²) in [6, 6.07) is 9.12. The maximum atomic E-state index is 14.5. The number of likely N-dealkylation sites (N-methyl/N-ethyl adjacent to an activating group) is 1. The molecule has 0 aromatic heterocycles. The van der Waals surface area contributed by atoms with E-state index in [-0.39, 0.29) is 43.9 Å². The molecule has 0 spiro atoms. The highest BCUT2D eigenvalue weighted by molar-refractivity contribution is 5.73. The third kappa shape index (κ3) is 11.5. The van der Waals surface area contributed by atoms with Crippen LogP contribution in [0.2, 0.25) is 0 Å². The molecular formula is C47H81N3O12. The number of methoxy groups -OCH3 is 1. The maximum absolute atomic E-state index is 14.5. The maximum Gasteiger partial charge on any atom is 0.311 e. The van der Waals surface area contributed by atoms with Crippen molar-refractivity contribution in [1.82, 2.24) is 15.5 Å². The summed E-state index contributed by atoms with van der Waals surface area (Å²) in [6.07, 6.45) is -4.63. The molecule has 1 aliphatic carbocycles. The minimum absolute atomic E-state index is 0.115. The summed E-state index contributed by atoms with van der Waals surface area (Å²) in [7, 11) is 5.56. The molecule has 0 amide bonds. The average Bonchev–Trinajstić information content (AvgIpc) is 4.05. The molecule has 356 valence electrons. The van der Waals surface area contributed by atoms with Crippen LogP contribution in [0.1, 0.15) is 108 Å². The monoisotopic (exact) mass is 880 g/mol. The molecule has 1 saturated carbocycles. The van der Waals surface area contributed by atoms with Gasteiger partial charge in [0.25, 0.3) is 0 Å². The summed E-state index contributed by atoms with van der Waals surface area (Å²) in [4.78, 5) is 16.6. The van der Waals surface area contributed by atoms with Crippen LogP contribution >= 0.6 is 0 Å². The molecule has 0 bridgehead atoms. The molecule has 0 unspecified atom stereocenters. The molecule has 18 atom stereocenters. The van der Waals surface area contributed by atoms with Crippen LogP contribution in [-0.2, 0) is 33.2 Å². The predicted molar refractivity (Wildman–Crippen MR) is 234 cm³/mol. The van der Waals surface area contributed by atoms with Gasteiger partial charge in [0.2, 0.25) is 0 Å². The fourth-order valence-corrected chi connectivity index (χ4v) is 10.1. The Morgan fingerprint density at radius 1 is 0.935 bits per heavy atom. The minimum atomic E-state index is -1.81. The van der Waals surface area contributed by atoms with Crippen molar-refractivity contribution in [3.05, 3.63) is 30.3 Å². The molecule has 62 heavy (non-hydrogen) atoms. The number of hydrogen-bond acceptors (Lipinski definition) is 15. The van der Waals surface area contributed by atoms with Gasteiger partial charge in [-0.15, -0.1) is 0 Å². The Morgan fingerprint density at radius 2 is 1.60 bits per heavy atom. The molecule has 1 aromatic rings. The summed E-state index contributed by atoms with van der Waals surface area (Å²) >= 11 is 0. The van der Waals surface area contributed by atoms with Crippen LogP contribution in [-0.4, -0.2) is 161 Å². The van der Waals surface area contributed by atoms with Crippen LogP contribution in [0.3, 0.4) is 0 Å². The molecule has 6 N–H and O–H groups in total. The van der Waals surface area contributed by atoms with Gasteiger partial charge in [0, 0.05) is 38.1 Å². The number of aliphatic hydroxyl groups excluding tert-OH is 1. The zero-order valence-electron chi connectivity index (χ0n) is 39.7. The molecule has 3 saturated heterocycles. The van der Waals surface area contributed by atoms with Crippen LogP contribution < -0.4 is 15.4 Å². The number of carbonyl (C=O) groups is 1. The van der Waals surface area contributed by atoms with Gasteiger partial charge in [-0.2, -0.15) is 0 Å². The van der Waals surface area contributed by atoms with E-state index in [1.54, 1.807) is 41.7 Å². The van der Waals surface area contributed by atoms with Crippen molar-refractivity contribution in [1.29, 1.82) is 0 Å². The average molecular weight is 880 g/mol. The van der Waals surface area contributed by atoms with Gasteiger partial charge in [-0.25, -0.2) is 0 Å². The van der Waals surface area contributed by atoms with E-state index >= 15 is 0 Å². The quantitative estimate of drug-likeness (QED) is 0.167. The van der Waals surface area contributed by atoms with E-state index in [4.69, 9.17) is 33.2 Å². The Morgan fingerprint density at radius 3 is 2.19 bits per heavy atom. The lowest BCUT2D eigenvalue weighted by Crippen LogP contribution is -2.70. The minimum Gasteiger partial charge on any atom is -0.483 e. The van der Waals surface area contributed by atoms with E-state index in [1.807, 2.05) is 72.1 Å². The largest absolute Gasteiger partial charge is 0.483 e. The summed E-state index contributed by atoms with van der Waals surface area (Å²) in [6.45, 7) is 18.6. The van der Waals surface area contributed by atoms with E-state index in [9.17, 15) is 25.2 Å². The summed E-state index contributed by atoms with van der Waals surface area (Å²) in [5.74, 6) is -1.95. The number of nitrogens with one attached hydrogen (secondary N) is 2. The van der Waals surface area contributed by atoms with Gasteiger partial charge in [-0.1, -0.05) is 39.0 Å². The highest BCUT2D eigenvalue weighted by atomic mass is 16.7. The van der Waals surface area contributed by atoms with Crippen molar-refractivity contribution in [2.24, 2.45) is 17.8 Å². The number of nitrogens with zero attached hydrogens (tertiary/aromatic N) is 1. The molecule has 15 heteroatoms. The van der Waals surface area contributed by atoms with Gasteiger partial charge in [0.05, 0.1) is 42.0 Å². The van der Waals surface area contributed by atoms with Gasteiger partial charge in [0.15, 0.2) is 18.7 Å². The first kappa shape index (κ1) is 51.0. The molecule has 1 aromatic carbocycles. The molecular weight excluding hydrogens is 799 g/mol. The Kier molecular flexibility index (Phi) is 17.0. The van der Waals surface area contributed by atoms with E-state index in [0.29, 0.717) is 24.8 Å². The normalized spacial score (nSPS) is 45.5. The smallest absolute Gasteiger partial charge is 0.311 e. The number of esters is 1. The highest BCUT2D eigenvalue weighted by Crippen LogP contribution is 2.44. The SMILES string of the molecule is CC[C@H]1OC(=O)[C@H](C)[C@@H](O[C@H]2C[C@@](C)(OC)[C@](O)(CNC3CC3)[C@H](C)O2)[C@H](C)[C@@H](O[C@@H]2O[C@H](C)C[C@H](N(C)C)[C@H]2Oc2ccccc2)[C@](C)(O)C[C@@H](C)CN[C@H](C)[C@@H](O)[C@]1(C)O. The second-order valence-electron chi connectivity index (χ2n) is 20.1. The standard InChI is InChI=1S/C47H81N3O12/c1-14-36-46(10,54)40(51)31(6)48-25-27(2)23-44(8,53)41(62-43-39(59-34-18-16-15-17-19-34)35(50(11)12)22-28(3)57-43)29(4)38(30(5)42(52)60-36)61-37-24-45(9,56-13)47(55,32(7)58-37)26-49-33-20-21-33/h15-19,27-33,35-41,43,48-49,51,53-55H,14,20-26H2,1-13H3/t27-,28-,29+,30-,31-,32+,35+,36-,37+,38+,39-,40-,41-,43+,44-,45-,46-,47+/m1/s1. The van der Waals surface area contributed by atoms with Gasteiger partial charge in [-0.05, 0) is 119 Å². The molecule has 3 heterocycles. The van der Waals surface area contributed by atoms with E-state index < -0.39 is 95.5 Å². The van der Waals surface area contributed by atoms with Crippen molar-refractivity contribution in [2.75, 3.05) is 34.3 Å². The van der Waals surface area contributed by atoms with E-state index in [0.717, 1.165) is 12.8 Å². The molecule has 4 aliphatic rings. The Bertz CT molecular complexity index is 1570. The Labute approximate surface area is 370 Å². The first-order valence-corrected chi connectivity index (χ1v) is 23.0. The van der Waals surface area contributed by atoms with Crippen molar-refractivity contribution in [3.8, 4) is 5.75 Å². The Balaban J connectivity index is 1.59. The number of aliphatic hydroxyl groups is 4. The molecule has 3 aliphatic heterocycles. The lowest BCUT2D eigenvalue weighted by atomic mass is 9.75. The highest BCUT2D eigenvalue weighted by Gasteiger charge is 2.59. The number of rotatable bonds is 12. The van der Waals surface area contributed by atoms with Crippen LogP contribution in [0.4, 0.5) is 0 Å². The number of carbonyl (C=O) groups excluding carboxylic acids is 1. The fraction of sp³-hybridized carbons (Fsp3) is 0.851. The Hall–Kier alpha value is -1.99. The zero-order chi connectivity index (χ0) is 45.9. The third-order valence-corrected chi connectivity index (χ3v) is 14.4. The summed E-state index contributed by atoms with van der Waals surface area (Å²) in [5.41, 5.74) is -5.91. The van der Waals surface area contributed by atoms with Crippen LogP contribution in [0, 0.1) is 17.8 Å². The van der Waals surface area contributed by atoms with Gasteiger partial charge in [-0.3, -0.25) is 4.79 Å². The topological polar surface area (TPSA) is 190 Å². The second kappa shape index (κ2) is 20.7. The van der Waals surface area contributed by atoms with Crippen LogP contribution in [0.25, 0.3) is 0 Å². The predicted octanol–water partition coefficient (Wildman–Crippen LogP) is 3.77. The van der Waals surface area contributed by atoms with Crippen molar-refractivity contribution in [3.63, 3.8) is 0 Å². The van der Waals surface area contributed by atoms with Crippen molar-refractivity contribution < 1.29 is 58.4 Å². The molecule has 15 nitrogen and oxygen atoms in total. The van der Waals surface area contributed by atoms with Gasteiger partial charge in [0.1, 0.15) is 34.8 Å². The summed E-state index contributed by atoms with van der Waals surface area (Å²) < 4.78 is 46.2. The third-order valence-electron chi connectivity index (χ3n) is 14.4. The number of para-hydroxylation sites is 1. The van der Waals surface area contributed by atoms with E-state index in [2.05, 4.69) is 15.5 Å². The number of hydrogen-bond donors (Lipinski definition) is 6. The molecule has 4 fully saturated rings. The zero-order valence-corrected chi connectivity index (χ0v) is 39.7. The van der Waals surface area contributed by atoms with Gasteiger partial charge < -0.3 is 69.1 Å². The molecule has 0 radical (unpaired) electrons. The summed E-state index contributed by atoms with van der Waals surface area (Å²) in [5, 5.41) is 55.1. The van der Waals surface area contributed by atoms with Crippen molar-refractivity contribution >= 4 is 5.97 Å². The van der Waals surface area contributed by atoms with Gasteiger partial charge >= 0.3 is 5.97 Å².